The van der Waals surface area contributed by atoms with E-state index in [0.29, 0.717) is 39.8 Å². The van der Waals surface area contributed by atoms with Crippen LogP contribution in [0.25, 0.3) is 33.8 Å². The van der Waals surface area contributed by atoms with E-state index in [4.69, 9.17) is 30.8 Å². The molecule has 1 aliphatic carbocycles. The summed E-state index contributed by atoms with van der Waals surface area (Å²) in [4.78, 5) is 32.5. The first-order chi connectivity index (χ1) is 20.6. The fraction of sp³-hybridized carbons (Fsp3) is 0.379. The normalized spacial score (nSPS) is 18.3. The zero-order valence-electron chi connectivity index (χ0n) is 23.0. The van der Waals surface area contributed by atoms with E-state index in [2.05, 4.69) is 27.0 Å². The van der Waals surface area contributed by atoms with Crippen LogP contribution in [-0.4, -0.2) is 47.4 Å². The number of rotatable bonds is 8. The lowest BCUT2D eigenvalue weighted by Gasteiger charge is -2.28. The number of alkyl halides is 3. The second-order valence-corrected chi connectivity index (χ2v) is 11.3. The predicted molar refractivity (Wildman–Crippen MR) is 151 cm³/mol. The number of halogens is 4. The maximum atomic E-state index is 13.5. The molecule has 1 unspecified atom stereocenters. The topological polar surface area (TPSA) is 125 Å². The molecule has 1 N–H and O–H groups in total. The van der Waals surface area contributed by atoms with Crippen LogP contribution in [0.4, 0.5) is 13.2 Å². The largest absolute Gasteiger partial charge is 0.439 e. The van der Waals surface area contributed by atoms with E-state index in [1.165, 1.54) is 12.4 Å². The Bertz CT molecular complexity index is 1780. The minimum absolute atomic E-state index is 0.0649. The molecular formula is C29H27ClF3N7O3. The van der Waals surface area contributed by atoms with Gasteiger partial charge in [0.15, 0.2) is 6.10 Å². The van der Waals surface area contributed by atoms with Crippen molar-refractivity contribution in [3.8, 4) is 22.8 Å². The van der Waals surface area contributed by atoms with Gasteiger partial charge in [0.05, 0.1) is 27.4 Å². The van der Waals surface area contributed by atoms with Crippen molar-refractivity contribution in [1.29, 1.82) is 0 Å². The number of hydrogen-bond acceptors (Lipinski definition) is 8. The summed E-state index contributed by atoms with van der Waals surface area (Å²) in [6, 6.07) is 8.26. The van der Waals surface area contributed by atoms with Crippen LogP contribution in [-0.2, 0) is 11.3 Å². The molecule has 1 atom stereocenters. The Morgan fingerprint density at radius 1 is 1.16 bits per heavy atom. The molecule has 0 amide bonds. The highest BCUT2D eigenvalue weighted by Gasteiger charge is 2.34. The van der Waals surface area contributed by atoms with Gasteiger partial charge in [0, 0.05) is 30.7 Å². The Balaban J connectivity index is 1.61. The molecule has 10 nitrogen and oxygen atoms in total. The van der Waals surface area contributed by atoms with Crippen molar-refractivity contribution in [2.24, 2.45) is 11.8 Å². The molecule has 0 aliphatic heterocycles. The van der Waals surface area contributed by atoms with Gasteiger partial charge < -0.3 is 9.30 Å². The number of ether oxygens (including phenoxy) is 1. The third kappa shape index (κ3) is 6.47. The second kappa shape index (κ2) is 11.9. The average Bonchev–Trinajstić information content (AvgIpc) is 3.57. The minimum atomic E-state index is -4.57. The van der Waals surface area contributed by atoms with Crippen molar-refractivity contribution >= 4 is 22.6 Å². The number of aromatic amines is 1. The van der Waals surface area contributed by atoms with E-state index < -0.39 is 24.6 Å². The Kier molecular flexibility index (Phi) is 8.01. The summed E-state index contributed by atoms with van der Waals surface area (Å²) in [6.45, 7) is 1.20. The lowest BCUT2D eigenvalue weighted by molar-refractivity contribution is -0.183. The van der Waals surface area contributed by atoms with Gasteiger partial charge in [-0.05, 0) is 48.9 Å². The molecule has 5 heterocycles. The van der Waals surface area contributed by atoms with Gasteiger partial charge in [-0.3, -0.25) is 19.5 Å². The summed E-state index contributed by atoms with van der Waals surface area (Å²) in [5.74, 6) is 0.400. The zero-order chi connectivity index (χ0) is 30.1. The summed E-state index contributed by atoms with van der Waals surface area (Å²) in [5.41, 5.74) is 2.43. The third-order valence-electron chi connectivity index (χ3n) is 7.60. The molecule has 1 fully saturated rings. The van der Waals surface area contributed by atoms with Crippen molar-refractivity contribution in [2.45, 2.75) is 51.4 Å². The molecule has 5 aromatic heterocycles. The van der Waals surface area contributed by atoms with Crippen molar-refractivity contribution in [3.05, 3.63) is 76.0 Å². The summed E-state index contributed by atoms with van der Waals surface area (Å²) < 4.78 is 52.6. The van der Waals surface area contributed by atoms with Gasteiger partial charge in [-0.15, -0.1) is 0 Å². The number of nitrogens with one attached hydrogen (secondary N) is 1. The van der Waals surface area contributed by atoms with E-state index >= 15 is 0 Å². The molecule has 5 aromatic rings. The van der Waals surface area contributed by atoms with Crippen LogP contribution in [0.3, 0.4) is 0 Å². The monoisotopic (exact) mass is 613 g/mol. The molecule has 6 rings (SSSR count). The number of aromatic nitrogens is 7. The fourth-order valence-electron chi connectivity index (χ4n) is 5.53. The van der Waals surface area contributed by atoms with Crippen molar-refractivity contribution in [3.63, 3.8) is 0 Å². The van der Waals surface area contributed by atoms with Gasteiger partial charge >= 0.3 is 11.9 Å². The van der Waals surface area contributed by atoms with Gasteiger partial charge in [-0.25, -0.2) is 14.8 Å². The van der Waals surface area contributed by atoms with Gasteiger partial charge in [-0.1, -0.05) is 42.6 Å². The number of hydrogen-bond donors (Lipinski definition) is 1. The van der Waals surface area contributed by atoms with Crippen LogP contribution in [0, 0.1) is 11.8 Å². The quantitative estimate of drug-likeness (QED) is 0.214. The highest BCUT2D eigenvalue weighted by molar-refractivity contribution is 6.30. The van der Waals surface area contributed by atoms with Crippen LogP contribution in [0.2, 0.25) is 5.02 Å². The van der Waals surface area contributed by atoms with Crippen LogP contribution in [0.5, 0.6) is 0 Å². The Morgan fingerprint density at radius 3 is 2.65 bits per heavy atom. The molecule has 1 saturated carbocycles. The standard InChI is InChI=1S/C29H27ClF3N7O3/c1-16-5-7-17(8-6-16)14-40-24-21(37-27(40)25(42-15-29(31,32)33)20-4-2-3-9-35-20)11-22(26-38-28(41)43-39-26)36-23(24)18-10-19(30)13-34-12-18/h2-4,9-13,16-17,25H,5-8,14-15H2,1H3,(H,38,39,41). The van der Waals surface area contributed by atoms with Gasteiger partial charge in [0.1, 0.15) is 18.1 Å². The number of imidazole rings is 1. The molecule has 224 valence electrons. The molecule has 0 radical (unpaired) electrons. The van der Waals surface area contributed by atoms with Crippen LogP contribution >= 0.6 is 11.6 Å². The van der Waals surface area contributed by atoms with Gasteiger partial charge in [0.2, 0.25) is 5.82 Å². The van der Waals surface area contributed by atoms with E-state index in [-0.39, 0.29) is 29.0 Å². The second-order valence-electron chi connectivity index (χ2n) is 10.8. The Morgan fingerprint density at radius 2 is 1.98 bits per heavy atom. The first kappa shape index (κ1) is 29.0. The molecule has 1 aliphatic rings. The van der Waals surface area contributed by atoms with E-state index in [1.807, 2.05) is 4.57 Å². The van der Waals surface area contributed by atoms with E-state index in [9.17, 15) is 18.0 Å². The molecule has 0 spiro atoms. The van der Waals surface area contributed by atoms with Gasteiger partial charge in [0.25, 0.3) is 0 Å². The maximum Gasteiger partial charge on any atom is 0.439 e. The van der Waals surface area contributed by atoms with Crippen molar-refractivity contribution < 1.29 is 22.4 Å². The van der Waals surface area contributed by atoms with Crippen LogP contribution in [0.15, 0.2) is 58.2 Å². The fourth-order valence-corrected chi connectivity index (χ4v) is 5.71. The predicted octanol–water partition coefficient (Wildman–Crippen LogP) is 6.38. The van der Waals surface area contributed by atoms with E-state index in [0.717, 1.165) is 25.7 Å². The average molecular weight is 614 g/mol. The lowest BCUT2D eigenvalue weighted by atomic mass is 9.83. The molecule has 0 bridgehead atoms. The third-order valence-corrected chi connectivity index (χ3v) is 7.80. The van der Waals surface area contributed by atoms with Crippen LogP contribution < -0.4 is 5.76 Å². The first-order valence-electron chi connectivity index (χ1n) is 13.8. The minimum Gasteiger partial charge on any atom is -0.354 e. The molecule has 0 saturated heterocycles. The van der Waals surface area contributed by atoms with Crippen LogP contribution in [0.1, 0.15) is 50.2 Å². The zero-order valence-corrected chi connectivity index (χ0v) is 23.8. The SMILES string of the molecule is CC1CCC(Cn2c(C(OCC(F)(F)F)c3ccccn3)nc3cc(-c4noc(=O)[nH]4)nc(-c4cncc(Cl)c4)c32)CC1. The molecule has 14 heteroatoms. The molecule has 43 heavy (non-hydrogen) atoms. The van der Waals surface area contributed by atoms with Gasteiger partial charge in [-0.2, -0.15) is 13.2 Å². The number of fused-ring (bicyclic) bond motifs is 1. The number of H-pyrrole nitrogens is 1. The molecule has 0 aromatic carbocycles. The maximum absolute atomic E-state index is 13.5. The number of pyridine rings is 3. The molecular weight excluding hydrogens is 587 g/mol. The highest BCUT2D eigenvalue weighted by atomic mass is 35.5. The van der Waals surface area contributed by atoms with Crippen molar-refractivity contribution in [2.75, 3.05) is 6.61 Å². The highest BCUT2D eigenvalue weighted by Crippen LogP contribution is 2.38. The summed E-state index contributed by atoms with van der Waals surface area (Å²) >= 11 is 6.31. The number of nitrogens with zero attached hydrogens (tertiary/aromatic N) is 6. The van der Waals surface area contributed by atoms with Crippen molar-refractivity contribution in [1.82, 2.24) is 34.6 Å². The smallest absolute Gasteiger partial charge is 0.354 e. The van der Waals surface area contributed by atoms with E-state index in [1.54, 1.807) is 36.5 Å². The lowest BCUT2D eigenvalue weighted by Crippen LogP contribution is -2.24. The Hall–Kier alpha value is -4.10. The first-order valence-corrected chi connectivity index (χ1v) is 14.2. The summed E-state index contributed by atoms with van der Waals surface area (Å²) in [6.07, 6.45) is 2.76. The summed E-state index contributed by atoms with van der Waals surface area (Å²) in [7, 11) is 0. The summed E-state index contributed by atoms with van der Waals surface area (Å²) in [5, 5.41) is 4.13. The Labute approximate surface area is 248 Å².